The highest BCUT2D eigenvalue weighted by Crippen LogP contribution is 2.36. The number of anilines is 2. The molecule has 0 unspecified atom stereocenters. The average molecular weight is 497 g/mol. The third-order valence-electron chi connectivity index (χ3n) is 5.38. The van der Waals surface area contributed by atoms with Crippen LogP contribution in [0.25, 0.3) is 6.08 Å². The molecule has 0 saturated heterocycles. The summed E-state index contributed by atoms with van der Waals surface area (Å²) in [7, 11) is 3.08. The molecule has 35 heavy (non-hydrogen) atoms. The smallest absolute Gasteiger partial charge is 0.265 e. The summed E-state index contributed by atoms with van der Waals surface area (Å²) in [6, 6.07) is 14.5. The molecule has 4 rings (SSSR count). The summed E-state index contributed by atoms with van der Waals surface area (Å²) in [5.41, 5.74) is 1.79. The fourth-order valence-electron chi connectivity index (χ4n) is 3.61. The molecule has 180 valence electrons. The lowest BCUT2D eigenvalue weighted by Crippen LogP contribution is -2.38. The summed E-state index contributed by atoms with van der Waals surface area (Å²) < 4.78 is 30.3. The second kappa shape index (κ2) is 10.5. The molecule has 1 heterocycles. The van der Waals surface area contributed by atoms with Crippen LogP contribution in [0.15, 0.2) is 60.7 Å². The van der Waals surface area contributed by atoms with E-state index in [1.54, 1.807) is 55.7 Å². The third-order valence-corrected chi connectivity index (χ3v) is 5.74. The van der Waals surface area contributed by atoms with Gasteiger partial charge in [0.1, 0.15) is 11.6 Å². The van der Waals surface area contributed by atoms with Crippen molar-refractivity contribution in [2.75, 3.05) is 31.0 Å². The van der Waals surface area contributed by atoms with Gasteiger partial charge in [0, 0.05) is 22.3 Å². The van der Waals surface area contributed by atoms with E-state index in [1.807, 2.05) is 0 Å². The van der Waals surface area contributed by atoms with Crippen LogP contribution >= 0.6 is 11.6 Å². The summed E-state index contributed by atoms with van der Waals surface area (Å²) in [4.78, 5) is 26.5. The summed E-state index contributed by atoms with van der Waals surface area (Å²) in [6.45, 7) is -0.254. The van der Waals surface area contributed by atoms with Crippen molar-refractivity contribution in [3.05, 3.63) is 82.6 Å². The van der Waals surface area contributed by atoms with E-state index < -0.39 is 5.82 Å². The van der Waals surface area contributed by atoms with Crippen molar-refractivity contribution in [1.82, 2.24) is 0 Å². The monoisotopic (exact) mass is 496 g/mol. The van der Waals surface area contributed by atoms with Crippen LogP contribution < -0.4 is 24.4 Å². The zero-order chi connectivity index (χ0) is 24.9. The minimum absolute atomic E-state index is 0.0721. The summed E-state index contributed by atoms with van der Waals surface area (Å²) in [5.74, 6) is 0.324. The maximum atomic E-state index is 14.3. The number of rotatable bonds is 7. The molecule has 0 aliphatic carbocycles. The van der Waals surface area contributed by atoms with Crippen molar-refractivity contribution >= 4 is 40.9 Å². The second-order valence-electron chi connectivity index (χ2n) is 7.59. The molecule has 1 aliphatic rings. The Kier molecular flexibility index (Phi) is 7.22. The number of carbonyl (C=O) groups excluding carboxylic acids is 2. The van der Waals surface area contributed by atoms with Crippen LogP contribution in [-0.2, 0) is 16.1 Å². The minimum Gasteiger partial charge on any atom is -0.493 e. The fourth-order valence-corrected chi connectivity index (χ4v) is 3.83. The van der Waals surface area contributed by atoms with E-state index in [9.17, 15) is 14.0 Å². The van der Waals surface area contributed by atoms with Gasteiger partial charge in [-0.1, -0.05) is 23.7 Å². The maximum absolute atomic E-state index is 14.3. The maximum Gasteiger partial charge on any atom is 0.265 e. The summed E-state index contributed by atoms with van der Waals surface area (Å²) in [6.07, 6.45) is 3.01. The van der Waals surface area contributed by atoms with E-state index in [0.29, 0.717) is 28.6 Å². The molecular formula is C26H22ClFN2O5. The van der Waals surface area contributed by atoms with Gasteiger partial charge in [0.25, 0.3) is 5.91 Å². The van der Waals surface area contributed by atoms with Crippen LogP contribution in [-0.4, -0.2) is 32.6 Å². The van der Waals surface area contributed by atoms with Crippen LogP contribution in [0.5, 0.6) is 17.2 Å². The molecular weight excluding hydrogens is 475 g/mol. The Bertz CT molecular complexity index is 1290. The zero-order valence-corrected chi connectivity index (χ0v) is 19.8. The summed E-state index contributed by atoms with van der Waals surface area (Å²) >= 11 is 6.16. The summed E-state index contributed by atoms with van der Waals surface area (Å²) in [5, 5.41) is 2.98. The molecule has 0 spiro atoms. The molecule has 3 aromatic rings. The molecule has 9 heteroatoms. The number of benzene rings is 3. The molecule has 0 aromatic heterocycles. The molecule has 0 radical (unpaired) electrons. The first-order valence-electron chi connectivity index (χ1n) is 10.6. The number of carbonyl (C=O) groups is 2. The highest BCUT2D eigenvalue weighted by Gasteiger charge is 2.27. The fraction of sp³-hybridized carbons (Fsp3) is 0.154. The van der Waals surface area contributed by atoms with Gasteiger partial charge in [-0.25, -0.2) is 4.39 Å². The van der Waals surface area contributed by atoms with Crippen molar-refractivity contribution in [3.8, 4) is 17.2 Å². The Labute approximate surface area is 206 Å². The Morgan fingerprint density at radius 2 is 1.94 bits per heavy atom. The van der Waals surface area contributed by atoms with Crippen LogP contribution in [0.4, 0.5) is 15.8 Å². The molecule has 0 bridgehead atoms. The lowest BCUT2D eigenvalue weighted by Gasteiger charge is -2.30. The van der Waals surface area contributed by atoms with Gasteiger partial charge in [-0.2, -0.15) is 0 Å². The quantitative estimate of drug-likeness (QED) is 0.462. The lowest BCUT2D eigenvalue weighted by atomic mass is 10.1. The first-order chi connectivity index (χ1) is 16.9. The van der Waals surface area contributed by atoms with Gasteiger partial charge in [-0.05, 0) is 54.1 Å². The Hall–Kier alpha value is -4.04. The van der Waals surface area contributed by atoms with Gasteiger partial charge in [0.15, 0.2) is 18.1 Å². The number of hydrogen-bond donors (Lipinski definition) is 1. The molecule has 1 aliphatic heterocycles. The van der Waals surface area contributed by atoms with E-state index in [0.717, 1.165) is 5.56 Å². The number of methoxy groups -OCH3 is 2. The van der Waals surface area contributed by atoms with Crippen LogP contribution in [0.3, 0.4) is 0 Å². The number of nitrogens with one attached hydrogen (secondary N) is 1. The van der Waals surface area contributed by atoms with Gasteiger partial charge in [-0.3, -0.25) is 9.59 Å². The van der Waals surface area contributed by atoms with Gasteiger partial charge < -0.3 is 24.4 Å². The number of fused-ring (bicyclic) bond motifs is 1. The van der Waals surface area contributed by atoms with E-state index in [2.05, 4.69) is 5.32 Å². The largest absolute Gasteiger partial charge is 0.493 e. The molecule has 7 nitrogen and oxygen atoms in total. The van der Waals surface area contributed by atoms with Crippen LogP contribution in [0.1, 0.15) is 11.1 Å². The van der Waals surface area contributed by atoms with Gasteiger partial charge in [0.2, 0.25) is 5.91 Å². The normalized spacial score (nSPS) is 12.8. The van der Waals surface area contributed by atoms with Crippen molar-refractivity contribution in [2.45, 2.75) is 6.54 Å². The van der Waals surface area contributed by atoms with Gasteiger partial charge in [0.05, 0.1) is 26.5 Å². The number of halogens is 2. The predicted octanol–water partition coefficient (Wildman–Crippen LogP) is 5.07. The SMILES string of the molecule is COc1ccc(/C=C/C(=O)Nc2ccc3c(c2)N(Cc2c(F)cccc2Cl)C(=O)CO3)cc1OC. The first-order valence-corrected chi connectivity index (χ1v) is 11.0. The van der Waals surface area contributed by atoms with Crippen LogP contribution in [0.2, 0.25) is 5.02 Å². The highest BCUT2D eigenvalue weighted by atomic mass is 35.5. The van der Waals surface area contributed by atoms with Crippen LogP contribution in [0, 0.1) is 5.82 Å². The Morgan fingerprint density at radius 3 is 2.69 bits per heavy atom. The Balaban J connectivity index is 1.53. The minimum atomic E-state index is -0.511. The third kappa shape index (κ3) is 5.38. The van der Waals surface area contributed by atoms with Crippen molar-refractivity contribution in [2.24, 2.45) is 0 Å². The van der Waals surface area contributed by atoms with E-state index in [1.165, 1.54) is 30.2 Å². The van der Waals surface area contributed by atoms with E-state index in [-0.39, 0.29) is 35.6 Å². The standard InChI is InChI=1S/C26H22ClFN2O5/c1-33-23-9-6-16(12-24(23)34-2)7-11-25(31)29-17-8-10-22-21(13-17)30(26(32)15-35-22)14-18-19(27)4-3-5-20(18)28/h3-13H,14-15H2,1-2H3,(H,29,31)/b11-7+. The molecule has 3 aromatic carbocycles. The Morgan fingerprint density at radius 1 is 1.14 bits per heavy atom. The lowest BCUT2D eigenvalue weighted by molar-refractivity contribution is -0.121. The zero-order valence-electron chi connectivity index (χ0n) is 19.0. The van der Waals surface area contributed by atoms with Gasteiger partial charge in [-0.15, -0.1) is 0 Å². The first kappa shape index (κ1) is 24.1. The molecule has 1 N–H and O–H groups in total. The molecule has 0 saturated carbocycles. The average Bonchev–Trinajstić information content (AvgIpc) is 2.86. The van der Waals surface area contributed by atoms with Gasteiger partial charge >= 0.3 is 0 Å². The molecule has 0 fully saturated rings. The number of ether oxygens (including phenoxy) is 3. The predicted molar refractivity (Wildman–Crippen MR) is 132 cm³/mol. The van der Waals surface area contributed by atoms with Crippen molar-refractivity contribution in [3.63, 3.8) is 0 Å². The number of amides is 2. The van der Waals surface area contributed by atoms with Crippen molar-refractivity contribution < 1.29 is 28.2 Å². The van der Waals surface area contributed by atoms with Crippen molar-refractivity contribution in [1.29, 1.82) is 0 Å². The molecule has 2 amide bonds. The van der Waals surface area contributed by atoms with E-state index >= 15 is 0 Å². The topological polar surface area (TPSA) is 77.1 Å². The molecule has 0 atom stereocenters. The number of nitrogens with zero attached hydrogens (tertiary/aromatic N) is 1. The highest BCUT2D eigenvalue weighted by molar-refractivity contribution is 6.31. The van der Waals surface area contributed by atoms with E-state index in [4.69, 9.17) is 25.8 Å². The second-order valence-corrected chi connectivity index (χ2v) is 8.00. The number of hydrogen-bond acceptors (Lipinski definition) is 5.